The van der Waals surface area contributed by atoms with Crippen LogP contribution < -0.4 is 5.32 Å². The van der Waals surface area contributed by atoms with E-state index in [1.165, 1.54) is 5.56 Å². The molecule has 5 nitrogen and oxygen atoms in total. The number of nitrogens with zero attached hydrogens (tertiary/aromatic N) is 2. The number of carbonyl (C=O) groups excluding carboxylic acids is 1. The maximum Gasteiger partial charge on any atom is 0.256 e. The molecular formula is C21H20ClN3O2. The lowest BCUT2D eigenvalue weighted by atomic mass is 10.1. The third-order valence-corrected chi connectivity index (χ3v) is 5.10. The van der Waals surface area contributed by atoms with Gasteiger partial charge in [-0.15, -0.1) is 0 Å². The van der Waals surface area contributed by atoms with Crippen LogP contribution in [0.1, 0.15) is 28.6 Å². The van der Waals surface area contributed by atoms with Crippen LogP contribution in [-0.2, 0) is 16.1 Å². The minimum absolute atomic E-state index is 0.143. The van der Waals surface area contributed by atoms with Gasteiger partial charge in [0.2, 0.25) is 0 Å². The molecule has 0 spiro atoms. The van der Waals surface area contributed by atoms with Crippen molar-refractivity contribution < 1.29 is 9.53 Å². The van der Waals surface area contributed by atoms with E-state index < -0.39 is 6.10 Å². The number of aryl methyl sites for hydroxylation is 1. The summed E-state index contributed by atoms with van der Waals surface area (Å²) in [4.78, 5) is 16.4. The summed E-state index contributed by atoms with van der Waals surface area (Å²) in [5.74, 6) is -0.143. The zero-order chi connectivity index (χ0) is 19.0. The molecule has 1 aliphatic rings. The van der Waals surface area contributed by atoms with E-state index in [-0.39, 0.29) is 12.0 Å². The van der Waals surface area contributed by atoms with Crippen molar-refractivity contribution in [2.24, 2.45) is 0 Å². The molecule has 4 rings (SSSR count). The van der Waals surface area contributed by atoms with Gasteiger partial charge in [0, 0.05) is 34.7 Å². The summed E-state index contributed by atoms with van der Waals surface area (Å²) in [6.45, 7) is 4.89. The third-order valence-electron chi connectivity index (χ3n) is 4.85. The predicted octanol–water partition coefficient (Wildman–Crippen LogP) is 4.28. The standard InChI is InChI=1S/C21H20ClN3O2/c1-13-10-18(14(2)25(13)12-15-5-7-16(22)8-6-15)19-20(27-19)21(26)24-17-4-3-9-23-11-17/h3-11,19-20H,12H2,1-2H3,(H,24,26). The highest BCUT2D eigenvalue weighted by molar-refractivity contribution is 6.30. The maximum absolute atomic E-state index is 12.4. The molecule has 138 valence electrons. The molecule has 1 N–H and O–H groups in total. The number of carbonyl (C=O) groups is 1. The summed E-state index contributed by atoms with van der Waals surface area (Å²) in [7, 11) is 0. The van der Waals surface area contributed by atoms with Gasteiger partial charge in [0.1, 0.15) is 6.10 Å². The molecule has 1 saturated heterocycles. The minimum atomic E-state index is -0.463. The number of anilines is 1. The predicted molar refractivity (Wildman–Crippen MR) is 105 cm³/mol. The van der Waals surface area contributed by atoms with Gasteiger partial charge in [-0.2, -0.15) is 0 Å². The molecule has 2 unspecified atom stereocenters. The summed E-state index contributed by atoms with van der Waals surface area (Å²) in [6.07, 6.45) is 2.62. The molecule has 2 atom stereocenters. The average Bonchev–Trinajstić information content (AvgIpc) is 3.41. The zero-order valence-corrected chi connectivity index (χ0v) is 15.9. The first-order chi connectivity index (χ1) is 13.0. The van der Waals surface area contributed by atoms with Crippen LogP contribution in [0, 0.1) is 13.8 Å². The molecule has 3 heterocycles. The van der Waals surface area contributed by atoms with Crippen molar-refractivity contribution in [3.05, 3.63) is 82.4 Å². The van der Waals surface area contributed by atoms with E-state index in [1.54, 1.807) is 24.5 Å². The number of rotatable bonds is 5. The monoisotopic (exact) mass is 381 g/mol. The molecule has 0 aliphatic carbocycles. The van der Waals surface area contributed by atoms with Crippen LogP contribution >= 0.6 is 11.6 Å². The fraction of sp³-hybridized carbons (Fsp3) is 0.238. The van der Waals surface area contributed by atoms with E-state index in [0.717, 1.165) is 28.5 Å². The second-order valence-corrected chi connectivity index (χ2v) is 7.18. The van der Waals surface area contributed by atoms with Crippen LogP contribution in [0.2, 0.25) is 5.02 Å². The Hall–Kier alpha value is -2.63. The van der Waals surface area contributed by atoms with Crippen LogP contribution in [0.4, 0.5) is 5.69 Å². The number of nitrogens with one attached hydrogen (secondary N) is 1. The van der Waals surface area contributed by atoms with Gasteiger partial charge < -0.3 is 14.6 Å². The topological polar surface area (TPSA) is 59.5 Å². The summed E-state index contributed by atoms with van der Waals surface area (Å²) in [5, 5.41) is 3.57. The highest BCUT2D eigenvalue weighted by Gasteiger charge is 2.47. The summed E-state index contributed by atoms with van der Waals surface area (Å²) in [6, 6.07) is 13.5. The molecule has 1 amide bonds. The van der Waals surface area contributed by atoms with Crippen molar-refractivity contribution in [3.63, 3.8) is 0 Å². The number of hydrogen-bond donors (Lipinski definition) is 1. The van der Waals surface area contributed by atoms with Gasteiger partial charge in [0.05, 0.1) is 11.9 Å². The number of benzene rings is 1. The molecule has 0 bridgehead atoms. The van der Waals surface area contributed by atoms with Gasteiger partial charge in [0.15, 0.2) is 6.10 Å². The van der Waals surface area contributed by atoms with E-state index in [0.29, 0.717) is 5.69 Å². The lowest BCUT2D eigenvalue weighted by molar-refractivity contribution is -0.117. The van der Waals surface area contributed by atoms with E-state index >= 15 is 0 Å². The summed E-state index contributed by atoms with van der Waals surface area (Å²) < 4.78 is 7.92. The van der Waals surface area contributed by atoms with E-state index in [1.807, 2.05) is 24.3 Å². The first-order valence-electron chi connectivity index (χ1n) is 8.80. The second kappa shape index (κ2) is 7.18. The fourth-order valence-corrected chi connectivity index (χ4v) is 3.46. The van der Waals surface area contributed by atoms with Crippen LogP contribution in [0.15, 0.2) is 54.9 Å². The second-order valence-electron chi connectivity index (χ2n) is 6.75. The number of pyridine rings is 1. The molecule has 27 heavy (non-hydrogen) atoms. The van der Waals surface area contributed by atoms with Crippen molar-refractivity contribution >= 4 is 23.2 Å². The minimum Gasteiger partial charge on any atom is -0.354 e. The Morgan fingerprint density at radius 3 is 2.74 bits per heavy atom. The molecule has 6 heteroatoms. The molecule has 1 aromatic carbocycles. The number of hydrogen-bond acceptors (Lipinski definition) is 3. The highest BCUT2D eigenvalue weighted by atomic mass is 35.5. The van der Waals surface area contributed by atoms with Crippen LogP contribution in [0.5, 0.6) is 0 Å². The number of aromatic nitrogens is 2. The Morgan fingerprint density at radius 1 is 1.26 bits per heavy atom. The SMILES string of the molecule is Cc1cc(C2OC2C(=O)Nc2cccnc2)c(C)n1Cc1ccc(Cl)cc1. The lowest BCUT2D eigenvalue weighted by Crippen LogP contribution is -2.18. The Bertz CT molecular complexity index is 967. The fourth-order valence-electron chi connectivity index (χ4n) is 3.33. The molecular weight excluding hydrogens is 362 g/mol. The van der Waals surface area contributed by atoms with E-state index in [4.69, 9.17) is 16.3 Å². The van der Waals surface area contributed by atoms with Gasteiger partial charge in [-0.05, 0) is 49.7 Å². The maximum atomic E-state index is 12.4. The number of ether oxygens (including phenoxy) is 1. The van der Waals surface area contributed by atoms with Crippen molar-refractivity contribution in [1.29, 1.82) is 0 Å². The molecule has 2 aromatic heterocycles. The summed E-state index contributed by atoms with van der Waals surface area (Å²) >= 11 is 5.97. The highest BCUT2D eigenvalue weighted by Crippen LogP contribution is 2.42. The number of halogens is 1. The van der Waals surface area contributed by atoms with Crippen molar-refractivity contribution in [2.45, 2.75) is 32.6 Å². The van der Waals surface area contributed by atoms with Crippen LogP contribution in [0.3, 0.4) is 0 Å². The quantitative estimate of drug-likeness (QED) is 0.671. The average molecular weight is 382 g/mol. The Morgan fingerprint density at radius 2 is 2.04 bits per heavy atom. The first kappa shape index (κ1) is 17.8. The summed E-state index contributed by atoms with van der Waals surface area (Å²) in [5.41, 5.74) is 5.16. The van der Waals surface area contributed by atoms with Gasteiger partial charge in [0.25, 0.3) is 5.91 Å². The molecule has 0 radical (unpaired) electrons. The Kier molecular flexibility index (Phi) is 4.72. The van der Waals surface area contributed by atoms with E-state index in [9.17, 15) is 4.79 Å². The van der Waals surface area contributed by atoms with Gasteiger partial charge in [-0.25, -0.2) is 0 Å². The Labute approximate surface area is 162 Å². The van der Waals surface area contributed by atoms with Gasteiger partial charge >= 0.3 is 0 Å². The smallest absolute Gasteiger partial charge is 0.256 e. The first-order valence-corrected chi connectivity index (χ1v) is 9.18. The Balaban J connectivity index is 1.47. The van der Waals surface area contributed by atoms with Crippen molar-refractivity contribution in [3.8, 4) is 0 Å². The van der Waals surface area contributed by atoms with Gasteiger partial charge in [-0.3, -0.25) is 9.78 Å². The molecule has 3 aromatic rings. The molecule has 0 saturated carbocycles. The lowest BCUT2D eigenvalue weighted by Gasteiger charge is -2.10. The van der Waals surface area contributed by atoms with Crippen molar-refractivity contribution in [2.75, 3.05) is 5.32 Å². The largest absolute Gasteiger partial charge is 0.354 e. The normalized spacial score (nSPS) is 18.3. The van der Waals surface area contributed by atoms with Crippen LogP contribution in [0.25, 0.3) is 0 Å². The molecule has 1 aliphatic heterocycles. The third kappa shape index (κ3) is 3.75. The molecule has 1 fully saturated rings. The van der Waals surface area contributed by atoms with E-state index in [2.05, 4.69) is 34.8 Å². The number of epoxide rings is 1. The zero-order valence-electron chi connectivity index (χ0n) is 15.1. The van der Waals surface area contributed by atoms with Crippen molar-refractivity contribution in [1.82, 2.24) is 9.55 Å². The van der Waals surface area contributed by atoms with Crippen LogP contribution in [-0.4, -0.2) is 21.6 Å². The number of amides is 1. The van der Waals surface area contributed by atoms with Gasteiger partial charge in [-0.1, -0.05) is 23.7 Å².